The van der Waals surface area contributed by atoms with Gasteiger partial charge in [-0.05, 0) is 50.1 Å². The molecule has 1 aromatic heterocycles. The van der Waals surface area contributed by atoms with Gasteiger partial charge in [0, 0.05) is 25.7 Å². The number of pyridine rings is 1. The molecule has 0 saturated heterocycles. The van der Waals surface area contributed by atoms with E-state index >= 15 is 0 Å². The molecule has 2 aromatic carbocycles. The number of carbonyl (C=O) groups excluding carboxylic acids is 2. The number of nitrogens with one attached hydrogen (secondary N) is 2. The maximum atomic E-state index is 14.8. The first-order valence-corrected chi connectivity index (χ1v) is 11.3. The van der Waals surface area contributed by atoms with Crippen molar-refractivity contribution >= 4 is 35.2 Å². The van der Waals surface area contributed by atoms with Crippen LogP contribution in [0.4, 0.5) is 27.3 Å². The van der Waals surface area contributed by atoms with Gasteiger partial charge in [-0.15, -0.1) is 0 Å². The molecule has 35 heavy (non-hydrogen) atoms. The zero-order valence-corrected chi connectivity index (χ0v) is 20.4. The van der Waals surface area contributed by atoms with Crippen LogP contribution in [-0.2, 0) is 18.3 Å². The molecular formula is C26H29FN4O4. The quantitative estimate of drug-likeness (QED) is 0.448. The van der Waals surface area contributed by atoms with Crippen LogP contribution in [0.1, 0.15) is 35.3 Å². The Kier molecular flexibility index (Phi) is 7.91. The van der Waals surface area contributed by atoms with Crippen molar-refractivity contribution < 1.29 is 18.7 Å². The van der Waals surface area contributed by atoms with Crippen molar-refractivity contribution in [2.75, 3.05) is 23.9 Å². The number of rotatable bonds is 9. The Morgan fingerprint density at radius 2 is 1.94 bits per heavy atom. The standard InChI is InChI=1S/C26H29FN4O4/c1-6-17-11-12-21(20(27)13-17)29-24-22(25(33)28-4)23(16(3)26(34)30(24)5)31(15-32)18-9-8-10-19(14-18)35-7-2/h8-15,29H,6-7H2,1-5H3,(H,28,33). The third-order valence-electron chi connectivity index (χ3n) is 5.69. The maximum Gasteiger partial charge on any atom is 0.256 e. The molecule has 0 saturated carbocycles. The van der Waals surface area contributed by atoms with Gasteiger partial charge in [0.1, 0.15) is 22.9 Å². The number of aryl methyl sites for hydroxylation is 1. The average molecular weight is 481 g/mol. The van der Waals surface area contributed by atoms with E-state index < -0.39 is 17.3 Å². The first-order valence-electron chi connectivity index (χ1n) is 11.3. The van der Waals surface area contributed by atoms with E-state index in [1.165, 1.54) is 36.6 Å². The first-order chi connectivity index (χ1) is 16.8. The van der Waals surface area contributed by atoms with Crippen molar-refractivity contribution in [3.8, 4) is 5.75 Å². The highest BCUT2D eigenvalue weighted by atomic mass is 19.1. The topological polar surface area (TPSA) is 92.7 Å². The fraction of sp³-hybridized carbons (Fsp3) is 0.269. The lowest BCUT2D eigenvalue weighted by atomic mass is 10.1. The van der Waals surface area contributed by atoms with Crippen LogP contribution in [0, 0.1) is 12.7 Å². The van der Waals surface area contributed by atoms with Crippen LogP contribution in [0.2, 0.25) is 0 Å². The number of nitrogens with zero attached hydrogens (tertiary/aromatic N) is 2. The predicted octanol–water partition coefficient (Wildman–Crippen LogP) is 4.19. The lowest BCUT2D eigenvalue weighted by molar-refractivity contribution is -0.106. The Labute approximate surface area is 203 Å². The molecule has 0 aliphatic rings. The number of hydrogen-bond acceptors (Lipinski definition) is 5. The van der Waals surface area contributed by atoms with E-state index in [2.05, 4.69) is 10.6 Å². The summed E-state index contributed by atoms with van der Waals surface area (Å²) in [6.07, 6.45) is 1.18. The van der Waals surface area contributed by atoms with E-state index in [1.54, 1.807) is 36.4 Å². The smallest absolute Gasteiger partial charge is 0.256 e. The second-order valence-corrected chi connectivity index (χ2v) is 7.84. The number of benzene rings is 2. The number of anilines is 4. The lowest BCUT2D eigenvalue weighted by Crippen LogP contribution is -2.33. The molecule has 0 unspecified atom stereocenters. The van der Waals surface area contributed by atoms with Gasteiger partial charge in [-0.2, -0.15) is 0 Å². The van der Waals surface area contributed by atoms with E-state index in [0.717, 1.165) is 5.56 Å². The molecule has 3 aromatic rings. The number of hydrogen-bond donors (Lipinski definition) is 2. The fourth-order valence-electron chi connectivity index (χ4n) is 3.85. The largest absolute Gasteiger partial charge is 0.494 e. The minimum Gasteiger partial charge on any atom is -0.494 e. The van der Waals surface area contributed by atoms with Crippen molar-refractivity contribution in [1.82, 2.24) is 9.88 Å². The van der Waals surface area contributed by atoms with Crippen LogP contribution in [0.5, 0.6) is 5.75 Å². The molecule has 9 heteroatoms. The molecular weight excluding hydrogens is 451 g/mol. The molecule has 184 valence electrons. The molecule has 2 N–H and O–H groups in total. The number of halogens is 1. The summed E-state index contributed by atoms with van der Waals surface area (Å²) in [7, 11) is 2.92. The van der Waals surface area contributed by atoms with Gasteiger partial charge in [-0.1, -0.05) is 19.1 Å². The number of amides is 2. The molecule has 0 bridgehead atoms. The molecule has 3 rings (SSSR count). The second kappa shape index (κ2) is 10.9. The molecule has 0 spiro atoms. The van der Waals surface area contributed by atoms with Crippen molar-refractivity contribution in [3.05, 3.63) is 75.3 Å². The normalized spacial score (nSPS) is 10.6. The van der Waals surface area contributed by atoms with Crippen molar-refractivity contribution in [2.45, 2.75) is 27.2 Å². The minimum atomic E-state index is -0.556. The van der Waals surface area contributed by atoms with Gasteiger partial charge >= 0.3 is 0 Å². The van der Waals surface area contributed by atoms with E-state index in [9.17, 15) is 18.8 Å². The van der Waals surface area contributed by atoms with Gasteiger partial charge < -0.3 is 15.4 Å². The first kappa shape index (κ1) is 25.5. The highest BCUT2D eigenvalue weighted by Gasteiger charge is 2.28. The van der Waals surface area contributed by atoms with Crippen LogP contribution in [0.25, 0.3) is 0 Å². The molecule has 0 fully saturated rings. The van der Waals surface area contributed by atoms with Gasteiger partial charge in [0.2, 0.25) is 6.41 Å². The molecule has 0 radical (unpaired) electrons. The molecule has 0 aliphatic heterocycles. The van der Waals surface area contributed by atoms with Gasteiger partial charge in [-0.3, -0.25) is 23.9 Å². The summed E-state index contributed by atoms with van der Waals surface area (Å²) in [6, 6.07) is 11.4. The third-order valence-corrected chi connectivity index (χ3v) is 5.69. The second-order valence-electron chi connectivity index (χ2n) is 7.84. The van der Waals surface area contributed by atoms with E-state index in [-0.39, 0.29) is 28.3 Å². The summed E-state index contributed by atoms with van der Waals surface area (Å²) >= 11 is 0. The number of carbonyl (C=O) groups is 2. The van der Waals surface area contributed by atoms with Gasteiger partial charge in [0.25, 0.3) is 11.5 Å². The van der Waals surface area contributed by atoms with Gasteiger partial charge in [-0.25, -0.2) is 4.39 Å². The van der Waals surface area contributed by atoms with Crippen molar-refractivity contribution in [3.63, 3.8) is 0 Å². The zero-order valence-electron chi connectivity index (χ0n) is 20.4. The van der Waals surface area contributed by atoms with Gasteiger partial charge in [0.05, 0.1) is 23.7 Å². The molecule has 0 aliphatic carbocycles. The lowest BCUT2D eigenvalue weighted by Gasteiger charge is -2.26. The van der Waals surface area contributed by atoms with Gasteiger partial charge in [0.15, 0.2) is 0 Å². The van der Waals surface area contributed by atoms with Crippen LogP contribution >= 0.6 is 0 Å². The van der Waals surface area contributed by atoms with Crippen LogP contribution in [-0.4, -0.2) is 30.5 Å². The summed E-state index contributed by atoms with van der Waals surface area (Å²) in [5, 5.41) is 5.47. The van der Waals surface area contributed by atoms with E-state index in [4.69, 9.17) is 4.74 Å². The Morgan fingerprint density at radius 3 is 2.54 bits per heavy atom. The summed E-state index contributed by atoms with van der Waals surface area (Å²) in [5.74, 6) is -0.514. The SMILES string of the molecule is CCOc1cccc(N(C=O)c2c(C(=O)NC)c(Nc3ccc(CC)cc3F)n(C)c(=O)c2C)c1. The highest BCUT2D eigenvalue weighted by Crippen LogP contribution is 2.36. The van der Waals surface area contributed by atoms with E-state index in [0.29, 0.717) is 30.9 Å². The third kappa shape index (κ3) is 5.03. The van der Waals surface area contributed by atoms with Crippen LogP contribution in [0.3, 0.4) is 0 Å². The molecule has 2 amide bonds. The average Bonchev–Trinajstić information content (AvgIpc) is 2.86. The zero-order chi connectivity index (χ0) is 25.7. The minimum absolute atomic E-state index is 0.0139. The summed E-state index contributed by atoms with van der Waals surface area (Å²) < 4.78 is 21.6. The van der Waals surface area contributed by atoms with Crippen molar-refractivity contribution in [2.24, 2.45) is 7.05 Å². The predicted molar refractivity (Wildman–Crippen MR) is 135 cm³/mol. The molecule has 8 nitrogen and oxygen atoms in total. The number of aromatic nitrogens is 1. The fourth-order valence-corrected chi connectivity index (χ4v) is 3.85. The monoisotopic (exact) mass is 480 g/mol. The van der Waals surface area contributed by atoms with Crippen molar-refractivity contribution in [1.29, 1.82) is 0 Å². The Balaban J connectivity index is 2.30. The summed E-state index contributed by atoms with van der Waals surface area (Å²) in [5.41, 5.74) is 1.12. The number of ether oxygens (including phenoxy) is 1. The van der Waals surface area contributed by atoms with E-state index in [1.807, 2.05) is 13.8 Å². The molecule has 1 heterocycles. The molecule has 0 atom stereocenters. The Morgan fingerprint density at radius 1 is 1.20 bits per heavy atom. The summed E-state index contributed by atoms with van der Waals surface area (Å²) in [6.45, 7) is 5.71. The highest BCUT2D eigenvalue weighted by molar-refractivity contribution is 6.08. The Hall–Kier alpha value is -4.14. The van der Waals surface area contributed by atoms with Crippen LogP contribution < -0.4 is 25.8 Å². The maximum absolute atomic E-state index is 14.8. The summed E-state index contributed by atoms with van der Waals surface area (Å²) in [4.78, 5) is 39.9. The Bertz CT molecular complexity index is 1320. The van der Waals surface area contributed by atoms with Crippen LogP contribution in [0.15, 0.2) is 47.3 Å².